The van der Waals surface area contributed by atoms with Crippen LogP contribution < -0.4 is 5.73 Å². The number of halogens is 2. The zero-order valence-corrected chi connectivity index (χ0v) is 10.4. The standard InChI is InChI=1S/C9H11BrClNS/c1-4-2-5(4)8(12)7-3-6(11)9(10)13-7/h3-5,8H,2,12H2,1H3. The van der Waals surface area contributed by atoms with E-state index in [1.807, 2.05) is 6.07 Å². The second-order valence-electron chi connectivity index (χ2n) is 3.67. The lowest BCUT2D eigenvalue weighted by molar-refractivity contribution is 0.603. The third kappa shape index (κ3) is 1.94. The van der Waals surface area contributed by atoms with Gasteiger partial charge in [0.25, 0.3) is 0 Å². The fraction of sp³-hybridized carbons (Fsp3) is 0.556. The number of thiophene rings is 1. The summed E-state index contributed by atoms with van der Waals surface area (Å²) < 4.78 is 0.993. The smallest absolute Gasteiger partial charge is 0.0887 e. The lowest BCUT2D eigenvalue weighted by Gasteiger charge is -2.06. The first-order valence-electron chi connectivity index (χ1n) is 4.30. The fourth-order valence-corrected chi connectivity index (χ4v) is 3.41. The minimum absolute atomic E-state index is 0.184. The molecule has 0 radical (unpaired) electrons. The van der Waals surface area contributed by atoms with Crippen molar-refractivity contribution in [3.63, 3.8) is 0 Å². The van der Waals surface area contributed by atoms with Crippen LogP contribution in [0.4, 0.5) is 0 Å². The molecule has 0 saturated heterocycles. The van der Waals surface area contributed by atoms with E-state index in [4.69, 9.17) is 17.3 Å². The minimum Gasteiger partial charge on any atom is -0.323 e. The predicted molar refractivity (Wildman–Crippen MR) is 61.2 cm³/mol. The van der Waals surface area contributed by atoms with Gasteiger partial charge in [0.05, 0.1) is 8.81 Å². The Morgan fingerprint density at radius 3 is 2.77 bits per heavy atom. The van der Waals surface area contributed by atoms with E-state index in [0.29, 0.717) is 5.92 Å². The lowest BCUT2D eigenvalue weighted by atomic mass is 10.1. The van der Waals surface area contributed by atoms with Crippen molar-refractivity contribution in [2.75, 3.05) is 0 Å². The van der Waals surface area contributed by atoms with Crippen molar-refractivity contribution in [2.24, 2.45) is 17.6 Å². The van der Waals surface area contributed by atoms with Crippen molar-refractivity contribution < 1.29 is 0 Å². The molecule has 1 aliphatic carbocycles. The molecule has 0 bridgehead atoms. The maximum absolute atomic E-state index is 6.10. The zero-order valence-electron chi connectivity index (χ0n) is 7.26. The number of nitrogens with two attached hydrogens (primary N) is 1. The molecule has 72 valence electrons. The summed E-state index contributed by atoms with van der Waals surface area (Å²) in [5.41, 5.74) is 6.10. The fourth-order valence-electron chi connectivity index (χ4n) is 1.59. The van der Waals surface area contributed by atoms with Crippen LogP contribution >= 0.6 is 38.9 Å². The van der Waals surface area contributed by atoms with Crippen LogP contribution in [0.15, 0.2) is 9.85 Å². The van der Waals surface area contributed by atoms with Crippen LogP contribution in [0, 0.1) is 11.8 Å². The van der Waals surface area contributed by atoms with Crippen LogP contribution in [0.5, 0.6) is 0 Å². The van der Waals surface area contributed by atoms with Gasteiger partial charge in [-0.1, -0.05) is 18.5 Å². The monoisotopic (exact) mass is 279 g/mol. The Labute approximate surface area is 95.4 Å². The van der Waals surface area contributed by atoms with E-state index in [9.17, 15) is 0 Å². The van der Waals surface area contributed by atoms with Crippen LogP contribution in [-0.4, -0.2) is 0 Å². The molecule has 4 heteroatoms. The van der Waals surface area contributed by atoms with Crippen LogP contribution in [-0.2, 0) is 0 Å². The zero-order chi connectivity index (χ0) is 9.59. The maximum atomic E-state index is 6.10. The third-order valence-corrected chi connectivity index (χ3v) is 5.20. The number of hydrogen-bond acceptors (Lipinski definition) is 2. The SMILES string of the molecule is CC1CC1C(N)c1cc(Cl)c(Br)s1. The van der Waals surface area contributed by atoms with Gasteiger partial charge in [-0.05, 0) is 40.3 Å². The molecule has 2 rings (SSSR count). The Balaban J connectivity index is 2.16. The van der Waals surface area contributed by atoms with Gasteiger partial charge >= 0.3 is 0 Å². The molecule has 1 fully saturated rings. The molecule has 0 spiro atoms. The van der Waals surface area contributed by atoms with Crippen LogP contribution in [0.1, 0.15) is 24.3 Å². The molecule has 3 atom stereocenters. The average Bonchev–Trinajstić information content (AvgIpc) is 2.70. The molecule has 1 saturated carbocycles. The largest absolute Gasteiger partial charge is 0.323 e. The van der Waals surface area contributed by atoms with Gasteiger partial charge in [-0.3, -0.25) is 0 Å². The molecule has 1 aromatic rings. The first-order chi connectivity index (χ1) is 6.09. The van der Waals surface area contributed by atoms with Gasteiger partial charge in [-0.2, -0.15) is 0 Å². The quantitative estimate of drug-likeness (QED) is 0.875. The van der Waals surface area contributed by atoms with E-state index in [1.54, 1.807) is 11.3 Å². The topological polar surface area (TPSA) is 26.0 Å². The highest BCUT2D eigenvalue weighted by atomic mass is 79.9. The first-order valence-corrected chi connectivity index (χ1v) is 6.28. The van der Waals surface area contributed by atoms with Gasteiger partial charge in [-0.25, -0.2) is 0 Å². The summed E-state index contributed by atoms with van der Waals surface area (Å²) in [6, 6.07) is 2.16. The Morgan fingerprint density at radius 1 is 1.77 bits per heavy atom. The molecular formula is C9H11BrClNS. The van der Waals surface area contributed by atoms with E-state index < -0.39 is 0 Å². The lowest BCUT2D eigenvalue weighted by Crippen LogP contribution is -2.11. The van der Waals surface area contributed by atoms with Crippen molar-refractivity contribution >= 4 is 38.9 Å². The molecule has 0 amide bonds. The first kappa shape index (κ1) is 9.97. The van der Waals surface area contributed by atoms with E-state index in [1.165, 1.54) is 11.3 Å². The summed E-state index contributed by atoms with van der Waals surface area (Å²) in [6.07, 6.45) is 1.26. The van der Waals surface area contributed by atoms with Crippen LogP contribution in [0.3, 0.4) is 0 Å². The molecule has 1 nitrogen and oxygen atoms in total. The van der Waals surface area contributed by atoms with E-state index in [2.05, 4.69) is 22.9 Å². The van der Waals surface area contributed by atoms with E-state index in [0.717, 1.165) is 14.7 Å². The summed E-state index contributed by atoms with van der Waals surface area (Å²) in [5.74, 6) is 1.45. The van der Waals surface area contributed by atoms with Crippen molar-refractivity contribution in [1.29, 1.82) is 0 Å². The van der Waals surface area contributed by atoms with Crippen molar-refractivity contribution in [2.45, 2.75) is 19.4 Å². The minimum atomic E-state index is 0.184. The predicted octanol–water partition coefficient (Wildman–Crippen LogP) is 3.82. The summed E-state index contributed by atoms with van der Waals surface area (Å²) in [7, 11) is 0. The normalized spacial score (nSPS) is 28.9. The second-order valence-corrected chi connectivity index (χ2v) is 6.48. The molecule has 13 heavy (non-hydrogen) atoms. The van der Waals surface area contributed by atoms with E-state index in [-0.39, 0.29) is 6.04 Å². The van der Waals surface area contributed by atoms with Gasteiger partial charge < -0.3 is 5.73 Å². The highest BCUT2D eigenvalue weighted by molar-refractivity contribution is 9.11. The third-order valence-electron chi connectivity index (χ3n) is 2.63. The summed E-state index contributed by atoms with van der Waals surface area (Å²) in [4.78, 5) is 1.20. The highest BCUT2D eigenvalue weighted by Gasteiger charge is 2.39. The highest BCUT2D eigenvalue weighted by Crippen LogP contribution is 2.48. The summed E-state index contributed by atoms with van der Waals surface area (Å²) in [6.45, 7) is 2.24. The Kier molecular flexibility index (Phi) is 2.71. The summed E-state index contributed by atoms with van der Waals surface area (Å²) >= 11 is 11.0. The molecule has 0 aromatic carbocycles. The van der Waals surface area contributed by atoms with Gasteiger partial charge in [0.15, 0.2) is 0 Å². The van der Waals surface area contributed by atoms with Gasteiger partial charge in [0.2, 0.25) is 0 Å². The van der Waals surface area contributed by atoms with Gasteiger partial charge in [0, 0.05) is 10.9 Å². The van der Waals surface area contributed by atoms with Gasteiger partial charge in [-0.15, -0.1) is 11.3 Å². The molecular weight excluding hydrogens is 270 g/mol. The summed E-state index contributed by atoms with van der Waals surface area (Å²) in [5, 5.41) is 0.781. The van der Waals surface area contributed by atoms with Crippen LogP contribution in [0.2, 0.25) is 5.02 Å². The molecule has 0 aliphatic heterocycles. The van der Waals surface area contributed by atoms with Crippen molar-refractivity contribution in [3.05, 3.63) is 19.8 Å². The molecule has 2 N–H and O–H groups in total. The maximum Gasteiger partial charge on any atom is 0.0887 e. The number of hydrogen-bond donors (Lipinski definition) is 1. The van der Waals surface area contributed by atoms with E-state index >= 15 is 0 Å². The van der Waals surface area contributed by atoms with Gasteiger partial charge in [0.1, 0.15) is 0 Å². The molecule has 1 heterocycles. The Morgan fingerprint density at radius 2 is 2.38 bits per heavy atom. The molecule has 1 aromatic heterocycles. The Hall–Kier alpha value is 0.430. The Bertz CT molecular complexity index is 306. The van der Waals surface area contributed by atoms with Crippen LogP contribution in [0.25, 0.3) is 0 Å². The van der Waals surface area contributed by atoms with Crippen molar-refractivity contribution in [1.82, 2.24) is 0 Å². The number of rotatable bonds is 2. The molecule has 3 unspecified atom stereocenters. The second kappa shape index (κ2) is 3.54. The van der Waals surface area contributed by atoms with Crippen molar-refractivity contribution in [3.8, 4) is 0 Å². The average molecular weight is 281 g/mol. The molecule has 1 aliphatic rings.